The SMILES string of the molecule is CC(C)c1cc(C(F)F)c(O)c(C2(N=C=O)CCCC2)c1. The fraction of sp³-hybridized carbons (Fsp3) is 0.562. The van der Waals surface area contributed by atoms with Crippen molar-refractivity contribution in [1.29, 1.82) is 0 Å². The second-order valence-corrected chi connectivity index (χ2v) is 5.90. The van der Waals surface area contributed by atoms with Crippen LogP contribution < -0.4 is 0 Å². The van der Waals surface area contributed by atoms with Crippen molar-refractivity contribution in [3.63, 3.8) is 0 Å². The average molecular weight is 295 g/mol. The van der Waals surface area contributed by atoms with Crippen LogP contribution in [-0.2, 0) is 10.3 Å². The smallest absolute Gasteiger partial charge is 0.267 e. The summed E-state index contributed by atoms with van der Waals surface area (Å²) in [4.78, 5) is 14.6. The van der Waals surface area contributed by atoms with Gasteiger partial charge in [0.1, 0.15) is 11.3 Å². The van der Waals surface area contributed by atoms with E-state index in [2.05, 4.69) is 4.99 Å². The second-order valence-electron chi connectivity index (χ2n) is 5.90. The molecule has 1 fully saturated rings. The molecule has 0 heterocycles. The van der Waals surface area contributed by atoms with Crippen LogP contribution in [0.2, 0.25) is 0 Å². The lowest BCUT2D eigenvalue weighted by atomic mass is 9.84. The number of phenolic OH excluding ortho intramolecular Hbond substituents is 1. The highest BCUT2D eigenvalue weighted by molar-refractivity contribution is 5.51. The maximum absolute atomic E-state index is 13.2. The Morgan fingerprint density at radius 3 is 2.38 bits per heavy atom. The molecule has 0 atom stereocenters. The van der Waals surface area contributed by atoms with Crippen molar-refractivity contribution in [2.45, 2.75) is 57.4 Å². The molecule has 0 radical (unpaired) electrons. The number of hydrogen-bond donors (Lipinski definition) is 1. The van der Waals surface area contributed by atoms with E-state index in [0.29, 0.717) is 24.0 Å². The van der Waals surface area contributed by atoms with Crippen LogP contribution in [-0.4, -0.2) is 11.2 Å². The topological polar surface area (TPSA) is 49.7 Å². The molecular formula is C16H19F2NO2. The van der Waals surface area contributed by atoms with Crippen molar-refractivity contribution < 1.29 is 18.7 Å². The van der Waals surface area contributed by atoms with E-state index in [9.17, 15) is 18.7 Å². The van der Waals surface area contributed by atoms with Gasteiger partial charge in [0.2, 0.25) is 6.08 Å². The van der Waals surface area contributed by atoms with Gasteiger partial charge in [-0.25, -0.2) is 13.6 Å². The van der Waals surface area contributed by atoms with Gasteiger partial charge in [0.25, 0.3) is 6.43 Å². The third-order valence-corrected chi connectivity index (χ3v) is 4.26. The van der Waals surface area contributed by atoms with Gasteiger partial charge in [-0.15, -0.1) is 0 Å². The van der Waals surface area contributed by atoms with Crippen LogP contribution in [0, 0.1) is 0 Å². The molecule has 3 nitrogen and oxygen atoms in total. The van der Waals surface area contributed by atoms with Gasteiger partial charge in [-0.05, 0) is 36.5 Å². The number of aromatic hydroxyl groups is 1. The van der Waals surface area contributed by atoms with Gasteiger partial charge in [-0.1, -0.05) is 26.7 Å². The summed E-state index contributed by atoms with van der Waals surface area (Å²) in [6.07, 6.45) is 1.62. The first-order chi connectivity index (χ1) is 9.91. The van der Waals surface area contributed by atoms with Crippen LogP contribution in [0.4, 0.5) is 8.78 Å². The predicted molar refractivity (Wildman–Crippen MR) is 75.4 cm³/mol. The van der Waals surface area contributed by atoms with Gasteiger partial charge >= 0.3 is 0 Å². The highest BCUT2D eigenvalue weighted by Crippen LogP contribution is 2.48. The zero-order valence-electron chi connectivity index (χ0n) is 12.2. The van der Waals surface area contributed by atoms with Crippen molar-refractivity contribution in [2.24, 2.45) is 4.99 Å². The van der Waals surface area contributed by atoms with E-state index in [4.69, 9.17) is 0 Å². The Morgan fingerprint density at radius 2 is 1.90 bits per heavy atom. The lowest BCUT2D eigenvalue weighted by Gasteiger charge is -2.26. The normalized spacial score (nSPS) is 17.2. The number of halogens is 2. The molecule has 1 aliphatic carbocycles. The van der Waals surface area contributed by atoms with E-state index in [-0.39, 0.29) is 11.5 Å². The van der Waals surface area contributed by atoms with Gasteiger partial charge in [0, 0.05) is 5.56 Å². The molecule has 0 aromatic heterocycles. The third-order valence-electron chi connectivity index (χ3n) is 4.26. The molecule has 21 heavy (non-hydrogen) atoms. The monoisotopic (exact) mass is 295 g/mol. The highest BCUT2D eigenvalue weighted by atomic mass is 19.3. The van der Waals surface area contributed by atoms with Crippen molar-refractivity contribution in [3.05, 3.63) is 28.8 Å². The minimum Gasteiger partial charge on any atom is -0.507 e. The van der Waals surface area contributed by atoms with Gasteiger partial charge < -0.3 is 5.11 Å². The summed E-state index contributed by atoms with van der Waals surface area (Å²) >= 11 is 0. The maximum atomic E-state index is 13.2. The fourth-order valence-corrected chi connectivity index (χ4v) is 3.02. The Hall–Kier alpha value is -1.74. The number of rotatable bonds is 4. The molecule has 0 amide bonds. The summed E-state index contributed by atoms with van der Waals surface area (Å²) in [5.41, 5.74) is -0.237. The van der Waals surface area contributed by atoms with E-state index < -0.39 is 17.7 Å². The second kappa shape index (κ2) is 5.94. The van der Waals surface area contributed by atoms with Gasteiger partial charge in [-0.3, -0.25) is 0 Å². The van der Waals surface area contributed by atoms with Crippen LogP contribution in [0.1, 0.15) is 68.6 Å². The molecule has 1 aliphatic rings. The Morgan fingerprint density at radius 1 is 1.29 bits per heavy atom. The molecule has 1 N–H and O–H groups in total. The molecule has 114 valence electrons. The molecule has 0 aliphatic heterocycles. The molecule has 5 heteroatoms. The number of carbonyl (C=O) groups excluding carboxylic acids is 1. The zero-order valence-corrected chi connectivity index (χ0v) is 12.2. The Labute approximate surface area is 122 Å². The number of alkyl halides is 2. The van der Waals surface area contributed by atoms with Gasteiger partial charge in [0.15, 0.2) is 0 Å². The minimum atomic E-state index is -2.76. The highest BCUT2D eigenvalue weighted by Gasteiger charge is 2.39. The summed E-state index contributed by atoms with van der Waals surface area (Å²) in [6, 6.07) is 3.04. The van der Waals surface area contributed by atoms with Crippen molar-refractivity contribution in [2.75, 3.05) is 0 Å². The Balaban J connectivity index is 2.68. The lowest BCUT2D eigenvalue weighted by Crippen LogP contribution is -2.20. The summed E-state index contributed by atoms with van der Waals surface area (Å²) < 4.78 is 26.4. The van der Waals surface area contributed by atoms with Crippen molar-refractivity contribution >= 4 is 6.08 Å². The van der Waals surface area contributed by atoms with Gasteiger partial charge in [0.05, 0.1) is 5.56 Å². The molecular weight excluding hydrogens is 276 g/mol. The number of nitrogens with zero attached hydrogens (tertiary/aromatic N) is 1. The van der Waals surface area contributed by atoms with E-state index in [0.717, 1.165) is 12.8 Å². The van der Waals surface area contributed by atoms with Crippen LogP contribution in [0.25, 0.3) is 0 Å². The van der Waals surface area contributed by atoms with E-state index in [1.54, 1.807) is 12.1 Å². The van der Waals surface area contributed by atoms with Crippen molar-refractivity contribution in [1.82, 2.24) is 0 Å². The standard InChI is InChI=1S/C16H19F2NO2/c1-10(2)11-7-12(15(17)18)14(21)13(8-11)16(19-9-20)5-3-4-6-16/h7-8,10,15,21H,3-6H2,1-2H3. The molecule has 0 unspecified atom stereocenters. The molecule has 0 saturated heterocycles. The number of isocyanates is 1. The van der Waals surface area contributed by atoms with Crippen LogP contribution in [0.15, 0.2) is 17.1 Å². The van der Waals surface area contributed by atoms with Gasteiger partial charge in [-0.2, -0.15) is 4.99 Å². The zero-order chi connectivity index (χ0) is 15.6. The van der Waals surface area contributed by atoms with E-state index >= 15 is 0 Å². The molecule has 1 aromatic rings. The number of aliphatic imine (C=N–C) groups is 1. The van der Waals surface area contributed by atoms with Crippen LogP contribution in [0.3, 0.4) is 0 Å². The first kappa shape index (κ1) is 15.6. The fourth-order valence-electron chi connectivity index (χ4n) is 3.02. The quantitative estimate of drug-likeness (QED) is 0.654. The molecule has 1 saturated carbocycles. The van der Waals surface area contributed by atoms with Crippen molar-refractivity contribution in [3.8, 4) is 5.75 Å². The number of phenols is 1. The lowest BCUT2D eigenvalue weighted by molar-refractivity contribution is 0.146. The van der Waals surface area contributed by atoms with Crippen LogP contribution >= 0.6 is 0 Å². The first-order valence-electron chi connectivity index (χ1n) is 7.16. The predicted octanol–water partition coefficient (Wildman–Crippen LogP) is 4.56. The Kier molecular flexibility index (Phi) is 4.43. The molecule has 0 bridgehead atoms. The van der Waals surface area contributed by atoms with Crippen LogP contribution in [0.5, 0.6) is 5.75 Å². The average Bonchev–Trinajstić information content (AvgIpc) is 2.88. The summed E-state index contributed by atoms with van der Waals surface area (Å²) in [5, 5.41) is 10.2. The number of benzene rings is 1. The summed E-state index contributed by atoms with van der Waals surface area (Å²) in [7, 11) is 0. The summed E-state index contributed by atoms with van der Waals surface area (Å²) in [6.45, 7) is 3.80. The van der Waals surface area contributed by atoms with E-state index in [1.165, 1.54) is 6.07 Å². The molecule has 2 rings (SSSR count). The summed E-state index contributed by atoms with van der Waals surface area (Å²) in [5.74, 6) is -0.393. The number of hydrogen-bond acceptors (Lipinski definition) is 3. The molecule has 0 spiro atoms. The third kappa shape index (κ3) is 2.84. The largest absolute Gasteiger partial charge is 0.507 e. The maximum Gasteiger partial charge on any atom is 0.267 e. The minimum absolute atomic E-state index is 0.0421. The molecule has 1 aromatic carbocycles. The Bertz CT molecular complexity index is 572. The first-order valence-corrected chi connectivity index (χ1v) is 7.16. The van der Waals surface area contributed by atoms with E-state index in [1.807, 2.05) is 13.8 Å².